The minimum absolute atomic E-state index is 0.224. The summed E-state index contributed by atoms with van der Waals surface area (Å²) in [6.07, 6.45) is 5.32. The predicted molar refractivity (Wildman–Crippen MR) is 97.5 cm³/mol. The fraction of sp³-hybridized carbons (Fsp3) is 0.389. The second-order valence-corrected chi connectivity index (χ2v) is 8.39. The Morgan fingerprint density at radius 1 is 1.28 bits per heavy atom. The van der Waals surface area contributed by atoms with Crippen LogP contribution in [-0.2, 0) is 16.4 Å². The molecule has 0 aliphatic carbocycles. The number of piperidine rings is 1. The lowest BCUT2D eigenvalue weighted by atomic mass is 10.1. The van der Waals surface area contributed by atoms with Gasteiger partial charge in [-0.25, -0.2) is 8.42 Å². The zero-order valence-corrected chi connectivity index (χ0v) is 15.6. The summed E-state index contributed by atoms with van der Waals surface area (Å²) >= 11 is 6.07. The van der Waals surface area contributed by atoms with E-state index in [4.69, 9.17) is 16.3 Å². The summed E-state index contributed by atoms with van der Waals surface area (Å²) in [7, 11) is -3.51. The van der Waals surface area contributed by atoms with Crippen molar-refractivity contribution in [2.24, 2.45) is 0 Å². The first-order valence-corrected chi connectivity index (χ1v) is 10.2. The van der Waals surface area contributed by atoms with E-state index in [2.05, 4.69) is 4.98 Å². The van der Waals surface area contributed by atoms with Crippen molar-refractivity contribution in [3.8, 4) is 5.75 Å². The molecule has 1 unspecified atom stereocenters. The summed E-state index contributed by atoms with van der Waals surface area (Å²) in [4.78, 5) is 4.25. The molecule has 1 aliphatic rings. The highest BCUT2D eigenvalue weighted by atomic mass is 35.5. The van der Waals surface area contributed by atoms with Gasteiger partial charge in [-0.15, -0.1) is 0 Å². The molecule has 1 atom stereocenters. The average Bonchev–Trinajstić information content (AvgIpc) is 2.64. The smallest absolute Gasteiger partial charge is 0.243 e. The maximum atomic E-state index is 12.9. The average molecular weight is 381 g/mol. The van der Waals surface area contributed by atoms with Gasteiger partial charge < -0.3 is 4.74 Å². The third-order valence-electron chi connectivity index (χ3n) is 4.34. The highest BCUT2D eigenvalue weighted by Gasteiger charge is 2.31. The third kappa shape index (κ3) is 4.14. The number of rotatable bonds is 5. The van der Waals surface area contributed by atoms with Gasteiger partial charge in [-0.05, 0) is 37.0 Å². The van der Waals surface area contributed by atoms with E-state index in [9.17, 15) is 8.42 Å². The molecule has 7 heteroatoms. The van der Waals surface area contributed by atoms with Gasteiger partial charge in [0.1, 0.15) is 16.9 Å². The van der Waals surface area contributed by atoms with Crippen LogP contribution in [0.1, 0.15) is 25.3 Å². The molecule has 134 valence electrons. The summed E-state index contributed by atoms with van der Waals surface area (Å²) < 4.78 is 33.2. The maximum Gasteiger partial charge on any atom is 0.243 e. The van der Waals surface area contributed by atoms with Gasteiger partial charge >= 0.3 is 0 Å². The van der Waals surface area contributed by atoms with E-state index in [0.717, 1.165) is 24.8 Å². The van der Waals surface area contributed by atoms with Crippen molar-refractivity contribution in [3.05, 3.63) is 53.3 Å². The highest BCUT2D eigenvalue weighted by Crippen LogP contribution is 2.27. The van der Waals surface area contributed by atoms with Crippen molar-refractivity contribution in [3.63, 3.8) is 0 Å². The first-order valence-electron chi connectivity index (χ1n) is 8.36. The molecule has 1 saturated heterocycles. The first kappa shape index (κ1) is 18.2. The van der Waals surface area contributed by atoms with E-state index in [-0.39, 0.29) is 6.10 Å². The molecule has 1 aromatic carbocycles. The van der Waals surface area contributed by atoms with Crippen molar-refractivity contribution in [2.75, 3.05) is 13.1 Å². The van der Waals surface area contributed by atoms with E-state index in [0.29, 0.717) is 28.8 Å². The lowest BCUT2D eigenvalue weighted by Crippen LogP contribution is -2.44. The molecule has 2 heterocycles. The summed E-state index contributed by atoms with van der Waals surface area (Å²) in [6, 6.07) is 8.78. The summed E-state index contributed by atoms with van der Waals surface area (Å²) in [6.45, 7) is 2.86. The van der Waals surface area contributed by atoms with Gasteiger partial charge in [-0.3, -0.25) is 4.98 Å². The number of nitrogens with zero attached hydrogens (tertiary/aromatic N) is 2. The standard InChI is InChI=1S/C18H21ClN2O3S/c1-2-14-5-7-16(8-6-14)25(22,23)21-11-3-4-15(13-21)24-18-9-10-20-12-17(18)19/h5-10,12,15H,2-4,11,13H2,1H3. The number of sulfonamides is 1. The van der Waals surface area contributed by atoms with Crippen LogP contribution in [-0.4, -0.2) is 36.9 Å². The van der Waals surface area contributed by atoms with Crippen LogP contribution in [0.2, 0.25) is 5.02 Å². The van der Waals surface area contributed by atoms with Crippen molar-refractivity contribution in [1.29, 1.82) is 0 Å². The molecule has 0 amide bonds. The van der Waals surface area contributed by atoms with Crippen LogP contribution in [0.4, 0.5) is 0 Å². The largest absolute Gasteiger partial charge is 0.487 e. The number of aryl methyl sites for hydroxylation is 1. The normalized spacial score (nSPS) is 18.9. The predicted octanol–water partition coefficient (Wildman–Crippen LogP) is 3.53. The molecule has 0 bridgehead atoms. The number of pyridine rings is 1. The fourth-order valence-corrected chi connectivity index (χ4v) is 4.58. The Hall–Kier alpha value is -1.63. The highest BCUT2D eigenvalue weighted by molar-refractivity contribution is 7.89. The van der Waals surface area contributed by atoms with Crippen molar-refractivity contribution < 1.29 is 13.2 Å². The fourth-order valence-electron chi connectivity index (χ4n) is 2.90. The minimum atomic E-state index is -3.51. The number of aromatic nitrogens is 1. The zero-order valence-electron chi connectivity index (χ0n) is 14.1. The molecule has 5 nitrogen and oxygen atoms in total. The Balaban J connectivity index is 1.74. The van der Waals surface area contributed by atoms with E-state index < -0.39 is 10.0 Å². The Labute approximate surface area is 153 Å². The van der Waals surface area contributed by atoms with Gasteiger partial charge in [0.15, 0.2) is 0 Å². The summed E-state index contributed by atoms with van der Waals surface area (Å²) in [5.74, 6) is 0.535. The number of halogens is 1. The minimum Gasteiger partial charge on any atom is -0.487 e. The molecule has 0 N–H and O–H groups in total. The van der Waals surface area contributed by atoms with Gasteiger partial charge in [0, 0.05) is 25.0 Å². The van der Waals surface area contributed by atoms with Crippen molar-refractivity contribution in [2.45, 2.75) is 37.2 Å². The van der Waals surface area contributed by atoms with Crippen LogP contribution >= 0.6 is 11.6 Å². The van der Waals surface area contributed by atoms with Crippen molar-refractivity contribution >= 4 is 21.6 Å². The van der Waals surface area contributed by atoms with Crippen LogP contribution in [0.15, 0.2) is 47.6 Å². The Morgan fingerprint density at radius 2 is 2.04 bits per heavy atom. The topological polar surface area (TPSA) is 59.5 Å². The van der Waals surface area contributed by atoms with Gasteiger partial charge in [0.05, 0.1) is 11.4 Å². The van der Waals surface area contributed by atoms with Crippen LogP contribution in [0.25, 0.3) is 0 Å². The van der Waals surface area contributed by atoms with Crippen LogP contribution < -0.4 is 4.74 Å². The molecular weight excluding hydrogens is 360 g/mol. The quantitative estimate of drug-likeness (QED) is 0.796. The third-order valence-corrected chi connectivity index (χ3v) is 6.50. The van der Waals surface area contributed by atoms with Crippen molar-refractivity contribution in [1.82, 2.24) is 9.29 Å². The molecule has 0 spiro atoms. The maximum absolute atomic E-state index is 12.9. The molecular formula is C18H21ClN2O3S. The molecule has 0 radical (unpaired) electrons. The van der Waals surface area contributed by atoms with E-state index >= 15 is 0 Å². The van der Waals surface area contributed by atoms with E-state index in [1.807, 2.05) is 19.1 Å². The SMILES string of the molecule is CCc1ccc(S(=O)(=O)N2CCCC(Oc3ccncc3Cl)C2)cc1. The summed E-state index contributed by atoms with van der Waals surface area (Å²) in [5.41, 5.74) is 1.12. The molecule has 2 aromatic rings. The van der Waals surface area contributed by atoms with Crippen LogP contribution in [0.5, 0.6) is 5.75 Å². The molecule has 0 saturated carbocycles. The van der Waals surface area contributed by atoms with Gasteiger partial charge in [0.25, 0.3) is 0 Å². The number of benzene rings is 1. The number of ether oxygens (including phenoxy) is 1. The molecule has 1 fully saturated rings. The van der Waals surface area contributed by atoms with Gasteiger partial charge in [-0.1, -0.05) is 30.7 Å². The lowest BCUT2D eigenvalue weighted by molar-refractivity contribution is 0.130. The number of hydrogen-bond donors (Lipinski definition) is 0. The molecule has 3 rings (SSSR count). The molecule has 1 aromatic heterocycles. The van der Waals surface area contributed by atoms with Crippen LogP contribution in [0.3, 0.4) is 0 Å². The second-order valence-electron chi connectivity index (χ2n) is 6.05. The zero-order chi connectivity index (χ0) is 17.9. The van der Waals surface area contributed by atoms with Gasteiger partial charge in [0.2, 0.25) is 10.0 Å². The Morgan fingerprint density at radius 3 is 2.72 bits per heavy atom. The molecule has 25 heavy (non-hydrogen) atoms. The lowest BCUT2D eigenvalue weighted by Gasteiger charge is -2.32. The Bertz CT molecular complexity index is 824. The first-order chi connectivity index (χ1) is 12.0. The van der Waals surface area contributed by atoms with Gasteiger partial charge in [-0.2, -0.15) is 4.31 Å². The van der Waals surface area contributed by atoms with E-state index in [1.54, 1.807) is 24.4 Å². The second kappa shape index (κ2) is 7.72. The number of hydrogen-bond acceptors (Lipinski definition) is 4. The summed E-state index contributed by atoms with van der Waals surface area (Å²) in [5, 5.41) is 0.428. The van der Waals surface area contributed by atoms with E-state index in [1.165, 1.54) is 10.5 Å². The Kier molecular flexibility index (Phi) is 5.61. The molecule has 1 aliphatic heterocycles. The van der Waals surface area contributed by atoms with Crippen LogP contribution in [0, 0.1) is 0 Å². The monoisotopic (exact) mass is 380 g/mol.